The van der Waals surface area contributed by atoms with E-state index in [1.54, 1.807) is 32.3 Å². The third-order valence-electron chi connectivity index (χ3n) is 3.80. The molecular formula is C17H18ClN7O4S. The first kappa shape index (κ1) is 21.5. The molecule has 0 radical (unpaired) electrons. The van der Waals surface area contributed by atoms with Crippen LogP contribution in [0.15, 0.2) is 36.9 Å². The monoisotopic (exact) mass is 451 g/mol. The molecule has 1 atom stereocenters. The van der Waals surface area contributed by atoms with Crippen molar-refractivity contribution >= 4 is 33.4 Å². The molecular weight excluding hydrogens is 434 g/mol. The van der Waals surface area contributed by atoms with Gasteiger partial charge in [0.2, 0.25) is 0 Å². The van der Waals surface area contributed by atoms with Crippen molar-refractivity contribution in [2.75, 3.05) is 11.6 Å². The van der Waals surface area contributed by atoms with Crippen molar-refractivity contribution in [3.63, 3.8) is 0 Å². The number of hydrogen-bond donors (Lipinski definition) is 2. The van der Waals surface area contributed by atoms with Gasteiger partial charge in [0.25, 0.3) is 5.95 Å². The summed E-state index contributed by atoms with van der Waals surface area (Å²) in [5, 5.41) is 9.64. The lowest BCUT2D eigenvalue weighted by Crippen LogP contribution is -2.33. The smallest absolute Gasteiger partial charge is 0.319 e. The Kier molecular flexibility index (Phi) is 6.17. The van der Waals surface area contributed by atoms with Crippen LogP contribution in [0.4, 0.5) is 10.5 Å². The first-order valence-electron chi connectivity index (χ1n) is 8.58. The lowest BCUT2D eigenvalue weighted by atomic mass is 10.2. The highest BCUT2D eigenvalue weighted by Crippen LogP contribution is 2.32. The molecule has 0 aliphatic carbocycles. The number of halogens is 1. The summed E-state index contributed by atoms with van der Waals surface area (Å²) in [6.45, 7) is 3.41. The third kappa shape index (κ3) is 5.21. The predicted octanol–water partition coefficient (Wildman–Crippen LogP) is 2.24. The molecule has 0 aliphatic rings. The molecule has 3 rings (SSSR count). The zero-order valence-corrected chi connectivity index (χ0v) is 17.8. The molecule has 3 aromatic rings. The second-order valence-corrected chi connectivity index (χ2v) is 8.27. The number of amides is 2. The fraction of sp³-hybridized carbons (Fsp3) is 0.235. The number of rotatable bonds is 6. The molecule has 11 nitrogen and oxygen atoms in total. The second-order valence-electron chi connectivity index (χ2n) is 6.28. The molecule has 158 valence electrons. The Balaban J connectivity index is 1.79. The first-order chi connectivity index (χ1) is 14.1. The van der Waals surface area contributed by atoms with Gasteiger partial charge in [-0.2, -0.15) is 18.2 Å². The zero-order chi connectivity index (χ0) is 21.9. The number of anilines is 1. The number of benzene rings is 1. The van der Waals surface area contributed by atoms with Crippen LogP contribution in [0.1, 0.15) is 24.4 Å². The van der Waals surface area contributed by atoms with E-state index in [4.69, 9.17) is 15.8 Å². The van der Waals surface area contributed by atoms with Crippen LogP contribution in [-0.2, 0) is 10.1 Å². The van der Waals surface area contributed by atoms with Crippen LogP contribution in [0.2, 0.25) is 5.02 Å². The fourth-order valence-electron chi connectivity index (χ4n) is 2.51. The van der Waals surface area contributed by atoms with E-state index >= 15 is 0 Å². The third-order valence-corrected chi connectivity index (χ3v) is 4.69. The Morgan fingerprint density at radius 1 is 1.23 bits per heavy atom. The van der Waals surface area contributed by atoms with E-state index in [2.05, 4.69) is 30.7 Å². The highest BCUT2D eigenvalue weighted by molar-refractivity contribution is 7.86. The zero-order valence-electron chi connectivity index (χ0n) is 16.2. The maximum Gasteiger partial charge on any atom is 0.319 e. The van der Waals surface area contributed by atoms with Gasteiger partial charge in [-0.1, -0.05) is 11.6 Å². The van der Waals surface area contributed by atoms with Crippen molar-refractivity contribution in [1.82, 2.24) is 30.0 Å². The summed E-state index contributed by atoms with van der Waals surface area (Å²) in [7, 11) is -3.83. The summed E-state index contributed by atoms with van der Waals surface area (Å²) in [5.74, 6) is 0.601. The average molecular weight is 452 g/mol. The summed E-state index contributed by atoms with van der Waals surface area (Å²) in [4.78, 5) is 24.9. The molecule has 0 saturated carbocycles. The van der Waals surface area contributed by atoms with Crippen LogP contribution in [0.25, 0.3) is 5.95 Å². The Labute approximate surface area is 177 Å². The Morgan fingerprint density at radius 2 is 1.93 bits per heavy atom. The molecule has 2 aromatic heterocycles. The lowest BCUT2D eigenvalue weighted by molar-refractivity contribution is 0.248. The highest BCUT2D eigenvalue weighted by Gasteiger charge is 2.20. The minimum atomic E-state index is -3.83. The van der Waals surface area contributed by atoms with Crippen LogP contribution >= 0.6 is 11.6 Å². The van der Waals surface area contributed by atoms with Crippen LogP contribution in [0, 0.1) is 6.92 Å². The molecule has 0 bridgehead atoms. The summed E-state index contributed by atoms with van der Waals surface area (Å²) < 4.78 is 29.4. The van der Waals surface area contributed by atoms with E-state index in [9.17, 15) is 13.2 Å². The van der Waals surface area contributed by atoms with Gasteiger partial charge in [-0.3, -0.25) is 0 Å². The topological polar surface area (TPSA) is 141 Å². The van der Waals surface area contributed by atoms with Gasteiger partial charge in [0.15, 0.2) is 11.6 Å². The quantitative estimate of drug-likeness (QED) is 0.543. The molecule has 2 heterocycles. The molecule has 30 heavy (non-hydrogen) atoms. The molecule has 2 N–H and O–H groups in total. The normalized spacial score (nSPS) is 12.3. The molecule has 1 unspecified atom stereocenters. The van der Waals surface area contributed by atoms with E-state index in [0.29, 0.717) is 22.4 Å². The summed E-state index contributed by atoms with van der Waals surface area (Å²) in [6.07, 6.45) is 5.34. The number of carbonyl (C=O) groups is 1. The van der Waals surface area contributed by atoms with Crippen molar-refractivity contribution in [2.45, 2.75) is 19.9 Å². The van der Waals surface area contributed by atoms with Crippen LogP contribution < -0.4 is 14.8 Å². The Morgan fingerprint density at radius 3 is 2.60 bits per heavy atom. The Hall–Kier alpha value is -3.25. The second kappa shape index (κ2) is 8.63. The molecule has 13 heteroatoms. The van der Waals surface area contributed by atoms with Gasteiger partial charge in [0.05, 0.1) is 18.0 Å². The minimum absolute atomic E-state index is 0.100. The number of carbonyl (C=O) groups excluding carboxylic acids is 1. The first-order valence-corrected chi connectivity index (χ1v) is 10.8. The van der Waals surface area contributed by atoms with Crippen molar-refractivity contribution in [2.24, 2.45) is 0 Å². The molecule has 0 saturated heterocycles. The number of aryl methyl sites for hydroxylation is 1. The van der Waals surface area contributed by atoms with Gasteiger partial charge in [-0.15, -0.1) is 0 Å². The Bertz CT molecular complexity index is 1170. The van der Waals surface area contributed by atoms with E-state index in [1.807, 2.05) is 0 Å². The van der Waals surface area contributed by atoms with Gasteiger partial charge in [0, 0.05) is 23.5 Å². The number of aromatic nitrogens is 5. The molecule has 0 aliphatic heterocycles. The summed E-state index contributed by atoms with van der Waals surface area (Å²) in [5.41, 5.74) is 0.765. The van der Waals surface area contributed by atoms with Crippen molar-refractivity contribution in [3.8, 4) is 11.7 Å². The number of nitrogens with one attached hydrogen (secondary N) is 2. The maximum absolute atomic E-state index is 12.5. The van der Waals surface area contributed by atoms with E-state index in [-0.39, 0.29) is 11.4 Å². The largest absolute Gasteiger partial charge is 0.380 e. The standard InChI is InChI=1S/C17H18ClN7O4S/c1-10-7-13(14(8-12(10)18)29-30(3,27)28)24-17(26)23-11(2)15-21-9-22-25(15)16-19-5-4-6-20-16/h4-9,11H,1-3H3,(H2,23,24,26). The lowest BCUT2D eigenvalue weighted by Gasteiger charge is -2.16. The molecule has 0 fully saturated rings. The van der Waals surface area contributed by atoms with Crippen molar-refractivity contribution in [1.29, 1.82) is 0 Å². The van der Waals surface area contributed by atoms with E-state index in [1.165, 1.54) is 23.1 Å². The van der Waals surface area contributed by atoms with E-state index in [0.717, 1.165) is 6.26 Å². The molecule has 0 spiro atoms. The van der Waals surface area contributed by atoms with Gasteiger partial charge in [-0.05, 0) is 31.5 Å². The highest BCUT2D eigenvalue weighted by atomic mass is 35.5. The number of hydrogen-bond acceptors (Lipinski definition) is 8. The van der Waals surface area contributed by atoms with Crippen LogP contribution in [0.5, 0.6) is 5.75 Å². The van der Waals surface area contributed by atoms with Gasteiger partial charge < -0.3 is 14.8 Å². The SMILES string of the molecule is Cc1cc(NC(=O)NC(C)c2ncnn2-c2ncccn2)c(OS(C)(=O)=O)cc1Cl. The summed E-state index contributed by atoms with van der Waals surface area (Å²) in [6, 6.07) is 3.29. The van der Waals surface area contributed by atoms with E-state index < -0.39 is 22.2 Å². The predicted molar refractivity (Wildman–Crippen MR) is 109 cm³/mol. The number of urea groups is 1. The maximum atomic E-state index is 12.5. The number of nitrogens with zero attached hydrogens (tertiary/aromatic N) is 5. The van der Waals surface area contributed by atoms with Crippen molar-refractivity contribution in [3.05, 3.63) is 53.3 Å². The van der Waals surface area contributed by atoms with Crippen molar-refractivity contribution < 1.29 is 17.4 Å². The minimum Gasteiger partial charge on any atom is -0.380 e. The average Bonchev–Trinajstić information content (AvgIpc) is 3.15. The molecule has 1 aromatic carbocycles. The summed E-state index contributed by atoms with van der Waals surface area (Å²) >= 11 is 6.05. The van der Waals surface area contributed by atoms with Gasteiger partial charge in [0.1, 0.15) is 6.33 Å². The fourth-order valence-corrected chi connectivity index (χ4v) is 3.13. The van der Waals surface area contributed by atoms with Crippen LogP contribution in [-0.4, -0.2) is 45.4 Å². The van der Waals surface area contributed by atoms with Crippen LogP contribution in [0.3, 0.4) is 0 Å². The molecule has 2 amide bonds. The van der Waals surface area contributed by atoms with Gasteiger partial charge >= 0.3 is 16.1 Å². The van der Waals surface area contributed by atoms with Gasteiger partial charge in [-0.25, -0.2) is 19.7 Å².